The van der Waals surface area contributed by atoms with Crippen LogP contribution in [0.3, 0.4) is 0 Å². The molecule has 0 saturated carbocycles. The van der Waals surface area contributed by atoms with E-state index in [4.69, 9.17) is 5.73 Å². The number of nitrogens with two attached hydrogens (primary N) is 1. The van der Waals surface area contributed by atoms with E-state index in [2.05, 4.69) is 10.00 Å². The summed E-state index contributed by atoms with van der Waals surface area (Å²) in [6, 6.07) is 1.90. The van der Waals surface area contributed by atoms with Gasteiger partial charge in [-0.1, -0.05) is 0 Å². The fraction of sp³-hybridized carbons (Fsp3) is 0.700. The smallest absolute Gasteiger partial charge is 0.328 e. The van der Waals surface area contributed by atoms with Gasteiger partial charge in [-0.05, 0) is 18.9 Å². The number of hydrogen-bond donors (Lipinski definition) is 1. The lowest BCUT2D eigenvalue weighted by molar-refractivity contribution is 0.0498. The number of alkyl halides is 2. The molecule has 1 aliphatic rings. The molecular formula is C10H17ClF2N4. The second-order valence-corrected chi connectivity index (χ2v) is 4.16. The van der Waals surface area contributed by atoms with Crippen LogP contribution in [0.25, 0.3) is 0 Å². The van der Waals surface area contributed by atoms with Crippen molar-refractivity contribution in [3.8, 4) is 0 Å². The van der Waals surface area contributed by atoms with E-state index in [0.717, 1.165) is 30.6 Å². The van der Waals surface area contributed by atoms with Crippen molar-refractivity contribution in [3.63, 3.8) is 0 Å². The third-order valence-electron chi connectivity index (χ3n) is 2.95. The van der Waals surface area contributed by atoms with Gasteiger partial charge in [0.25, 0.3) is 0 Å². The van der Waals surface area contributed by atoms with Crippen LogP contribution in [-0.4, -0.2) is 33.8 Å². The van der Waals surface area contributed by atoms with Crippen molar-refractivity contribution in [2.75, 3.05) is 13.1 Å². The minimum Gasteiger partial charge on any atom is -0.328 e. The Morgan fingerprint density at radius 1 is 1.41 bits per heavy atom. The molecule has 1 saturated heterocycles. The van der Waals surface area contributed by atoms with Gasteiger partial charge in [0.1, 0.15) is 0 Å². The van der Waals surface area contributed by atoms with E-state index in [1.165, 1.54) is 6.20 Å². The number of rotatable bonds is 3. The first-order valence-corrected chi connectivity index (χ1v) is 5.45. The van der Waals surface area contributed by atoms with Crippen LogP contribution in [0.5, 0.6) is 0 Å². The minimum atomic E-state index is -2.56. The van der Waals surface area contributed by atoms with E-state index in [1.54, 1.807) is 6.07 Å². The maximum absolute atomic E-state index is 12.5. The number of piperidine rings is 1. The Hall–Kier alpha value is -0.720. The molecule has 0 spiro atoms. The molecule has 98 valence electrons. The predicted molar refractivity (Wildman–Crippen MR) is 63.2 cm³/mol. The van der Waals surface area contributed by atoms with Gasteiger partial charge in [-0.2, -0.15) is 13.9 Å². The van der Waals surface area contributed by atoms with Crippen molar-refractivity contribution in [2.24, 2.45) is 5.73 Å². The standard InChI is InChI=1S/C10H16F2N4.ClH/c11-10(12)16-9(1-4-14-16)7-15-5-2-8(13)3-6-15;/h1,4,8,10H,2-3,5-7,13H2;1H. The number of likely N-dealkylation sites (tertiary alicyclic amines) is 1. The van der Waals surface area contributed by atoms with Gasteiger partial charge in [0.05, 0.1) is 5.69 Å². The van der Waals surface area contributed by atoms with E-state index in [9.17, 15) is 8.78 Å². The summed E-state index contributed by atoms with van der Waals surface area (Å²) in [5.74, 6) is 0. The van der Waals surface area contributed by atoms with Crippen LogP contribution >= 0.6 is 12.4 Å². The summed E-state index contributed by atoms with van der Waals surface area (Å²) in [5, 5.41) is 3.61. The van der Waals surface area contributed by atoms with Crippen molar-refractivity contribution in [3.05, 3.63) is 18.0 Å². The Morgan fingerprint density at radius 2 is 2.06 bits per heavy atom. The zero-order valence-corrected chi connectivity index (χ0v) is 10.2. The molecule has 0 atom stereocenters. The van der Waals surface area contributed by atoms with E-state index < -0.39 is 6.55 Å². The molecule has 2 rings (SSSR count). The number of aromatic nitrogens is 2. The normalized spacial score (nSPS) is 18.4. The van der Waals surface area contributed by atoms with Crippen molar-refractivity contribution >= 4 is 12.4 Å². The molecule has 1 aromatic rings. The molecule has 0 radical (unpaired) electrons. The fourth-order valence-corrected chi connectivity index (χ4v) is 1.98. The molecule has 1 aliphatic heterocycles. The van der Waals surface area contributed by atoms with Crippen molar-refractivity contribution in [2.45, 2.75) is 32.0 Å². The summed E-state index contributed by atoms with van der Waals surface area (Å²) < 4.78 is 25.9. The molecule has 0 unspecified atom stereocenters. The van der Waals surface area contributed by atoms with Crippen LogP contribution in [0, 0.1) is 0 Å². The first-order chi connectivity index (χ1) is 7.66. The monoisotopic (exact) mass is 266 g/mol. The van der Waals surface area contributed by atoms with Crippen LogP contribution in [0.15, 0.2) is 12.3 Å². The largest absolute Gasteiger partial charge is 0.333 e. The van der Waals surface area contributed by atoms with Gasteiger partial charge in [0.15, 0.2) is 0 Å². The van der Waals surface area contributed by atoms with Crippen LogP contribution in [0.4, 0.5) is 8.78 Å². The Balaban J connectivity index is 0.00000144. The highest BCUT2D eigenvalue weighted by Gasteiger charge is 2.19. The van der Waals surface area contributed by atoms with Gasteiger partial charge in [-0.15, -0.1) is 12.4 Å². The van der Waals surface area contributed by atoms with Gasteiger partial charge in [-0.3, -0.25) is 4.90 Å². The highest BCUT2D eigenvalue weighted by Crippen LogP contribution is 2.16. The summed E-state index contributed by atoms with van der Waals surface area (Å²) in [7, 11) is 0. The quantitative estimate of drug-likeness (QED) is 0.904. The molecule has 0 bridgehead atoms. The van der Waals surface area contributed by atoms with E-state index in [-0.39, 0.29) is 18.4 Å². The van der Waals surface area contributed by atoms with Gasteiger partial charge in [-0.25, -0.2) is 4.68 Å². The molecular weight excluding hydrogens is 250 g/mol. The van der Waals surface area contributed by atoms with Crippen LogP contribution in [0.2, 0.25) is 0 Å². The average molecular weight is 267 g/mol. The molecule has 2 heterocycles. The molecule has 0 amide bonds. The Kier molecular flexibility index (Phi) is 5.30. The topological polar surface area (TPSA) is 47.1 Å². The van der Waals surface area contributed by atoms with Crippen LogP contribution in [-0.2, 0) is 6.54 Å². The van der Waals surface area contributed by atoms with Gasteiger partial charge in [0.2, 0.25) is 0 Å². The number of nitrogens with zero attached hydrogens (tertiary/aromatic N) is 3. The molecule has 0 aromatic carbocycles. The lowest BCUT2D eigenvalue weighted by Gasteiger charge is -2.29. The maximum atomic E-state index is 12.5. The highest BCUT2D eigenvalue weighted by molar-refractivity contribution is 5.85. The number of hydrogen-bond acceptors (Lipinski definition) is 3. The Bertz CT molecular complexity index is 337. The van der Waals surface area contributed by atoms with E-state index >= 15 is 0 Å². The fourth-order valence-electron chi connectivity index (χ4n) is 1.98. The third-order valence-corrected chi connectivity index (χ3v) is 2.95. The summed E-state index contributed by atoms with van der Waals surface area (Å²) in [6.07, 6.45) is 3.28. The third kappa shape index (κ3) is 3.62. The first kappa shape index (κ1) is 14.3. The maximum Gasteiger partial charge on any atom is 0.333 e. The van der Waals surface area contributed by atoms with Gasteiger partial charge < -0.3 is 5.73 Å². The molecule has 0 aliphatic carbocycles. The molecule has 1 fully saturated rings. The molecule has 17 heavy (non-hydrogen) atoms. The summed E-state index contributed by atoms with van der Waals surface area (Å²) in [4.78, 5) is 2.14. The van der Waals surface area contributed by atoms with Crippen molar-refractivity contribution < 1.29 is 8.78 Å². The van der Waals surface area contributed by atoms with E-state index in [0.29, 0.717) is 12.2 Å². The Morgan fingerprint density at radius 3 is 2.65 bits per heavy atom. The predicted octanol–water partition coefficient (Wildman–Crippen LogP) is 1.62. The SMILES string of the molecule is Cl.NC1CCN(Cc2ccnn2C(F)F)CC1. The van der Waals surface area contributed by atoms with Gasteiger partial charge >= 0.3 is 6.55 Å². The summed E-state index contributed by atoms with van der Waals surface area (Å²) >= 11 is 0. The minimum absolute atomic E-state index is 0. The molecule has 4 nitrogen and oxygen atoms in total. The number of halogens is 3. The van der Waals surface area contributed by atoms with Crippen LogP contribution < -0.4 is 5.73 Å². The van der Waals surface area contributed by atoms with Crippen LogP contribution in [0.1, 0.15) is 25.1 Å². The lowest BCUT2D eigenvalue weighted by Crippen LogP contribution is -2.39. The van der Waals surface area contributed by atoms with Crippen molar-refractivity contribution in [1.29, 1.82) is 0 Å². The lowest BCUT2D eigenvalue weighted by atomic mass is 10.1. The zero-order valence-electron chi connectivity index (χ0n) is 9.43. The summed E-state index contributed by atoms with van der Waals surface area (Å²) in [5.41, 5.74) is 6.34. The zero-order chi connectivity index (χ0) is 11.5. The second kappa shape index (κ2) is 6.28. The second-order valence-electron chi connectivity index (χ2n) is 4.16. The first-order valence-electron chi connectivity index (χ1n) is 5.45. The Labute approximate surface area is 105 Å². The molecule has 2 N–H and O–H groups in total. The van der Waals surface area contributed by atoms with Crippen molar-refractivity contribution in [1.82, 2.24) is 14.7 Å². The van der Waals surface area contributed by atoms with Gasteiger partial charge in [0, 0.05) is 31.9 Å². The molecule has 7 heteroatoms. The summed E-state index contributed by atoms with van der Waals surface area (Å²) in [6.45, 7) is -0.292. The van der Waals surface area contributed by atoms with E-state index in [1.807, 2.05) is 0 Å². The highest BCUT2D eigenvalue weighted by atomic mass is 35.5. The average Bonchev–Trinajstić information content (AvgIpc) is 2.69. The molecule has 1 aromatic heterocycles.